The van der Waals surface area contributed by atoms with Crippen molar-refractivity contribution in [2.75, 3.05) is 0 Å². The number of hydrogen-bond acceptors (Lipinski definition) is 4. The maximum absolute atomic E-state index is 11.6. The molecule has 1 N–H and O–H groups in total. The summed E-state index contributed by atoms with van der Waals surface area (Å²) in [6.45, 7) is 4.37. The topological polar surface area (TPSA) is 72.2 Å². The zero-order valence-electron chi connectivity index (χ0n) is 11.4. The summed E-state index contributed by atoms with van der Waals surface area (Å²) in [7, 11) is 0. The van der Waals surface area contributed by atoms with Gasteiger partial charge in [-0.1, -0.05) is 6.92 Å². The number of pyridine rings is 1. The van der Waals surface area contributed by atoms with Gasteiger partial charge < -0.3 is 9.67 Å². The van der Waals surface area contributed by atoms with Gasteiger partial charge in [-0.15, -0.1) is 11.3 Å². The molecule has 0 aliphatic carbocycles. The Morgan fingerprint density at radius 1 is 1.50 bits per heavy atom. The Balaban J connectivity index is 2.30. The van der Waals surface area contributed by atoms with Crippen LogP contribution in [0.3, 0.4) is 0 Å². The molecule has 5 nitrogen and oxygen atoms in total. The van der Waals surface area contributed by atoms with E-state index in [0.717, 1.165) is 29.2 Å². The molecule has 0 bridgehead atoms. The molecule has 0 radical (unpaired) electrons. The highest BCUT2D eigenvalue weighted by molar-refractivity contribution is 7.09. The number of hydrogen-bond donors (Lipinski definition) is 1. The van der Waals surface area contributed by atoms with Crippen molar-refractivity contribution in [3.63, 3.8) is 0 Å². The fourth-order valence-electron chi connectivity index (χ4n) is 1.93. The molecule has 6 heteroatoms. The third-order valence-corrected chi connectivity index (χ3v) is 3.93. The summed E-state index contributed by atoms with van der Waals surface area (Å²) in [6.07, 6.45) is 3.39. The summed E-state index contributed by atoms with van der Waals surface area (Å²) in [5.74, 6) is -1.20. The summed E-state index contributed by atoms with van der Waals surface area (Å²) in [5, 5.41) is 12.1. The van der Waals surface area contributed by atoms with E-state index >= 15 is 0 Å². The SMILES string of the molecule is CCCc1nc(Cn2cc(C(=O)O)c(=O)cc2C)cs1. The maximum Gasteiger partial charge on any atom is 0.341 e. The van der Waals surface area contributed by atoms with Crippen LogP contribution in [0.2, 0.25) is 0 Å². The molecule has 0 saturated carbocycles. The molecule has 0 aliphatic heterocycles. The van der Waals surface area contributed by atoms with Crippen LogP contribution in [0, 0.1) is 6.92 Å². The average Bonchev–Trinajstić information content (AvgIpc) is 2.80. The van der Waals surface area contributed by atoms with Gasteiger partial charge >= 0.3 is 5.97 Å². The summed E-state index contributed by atoms with van der Waals surface area (Å²) in [4.78, 5) is 27.1. The largest absolute Gasteiger partial charge is 0.477 e. The van der Waals surface area contributed by atoms with Crippen molar-refractivity contribution in [2.45, 2.75) is 33.2 Å². The van der Waals surface area contributed by atoms with Crippen LogP contribution in [0.25, 0.3) is 0 Å². The van der Waals surface area contributed by atoms with Crippen molar-refractivity contribution in [3.05, 3.63) is 49.8 Å². The molecule has 20 heavy (non-hydrogen) atoms. The molecule has 0 fully saturated rings. The molecule has 0 spiro atoms. The maximum atomic E-state index is 11.6. The quantitative estimate of drug-likeness (QED) is 0.918. The van der Waals surface area contributed by atoms with E-state index < -0.39 is 11.4 Å². The minimum absolute atomic E-state index is 0.209. The second-order valence-corrected chi connectivity index (χ2v) is 5.55. The van der Waals surface area contributed by atoms with Crippen LogP contribution in [0.4, 0.5) is 0 Å². The number of thiazole rings is 1. The van der Waals surface area contributed by atoms with Crippen LogP contribution in [-0.2, 0) is 13.0 Å². The zero-order valence-corrected chi connectivity index (χ0v) is 12.2. The number of nitrogens with zero attached hydrogens (tertiary/aromatic N) is 2. The Kier molecular flexibility index (Phi) is 4.34. The Bertz CT molecular complexity index is 688. The first-order valence-electron chi connectivity index (χ1n) is 6.39. The van der Waals surface area contributed by atoms with Crippen LogP contribution in [0.5, 0.6) is 0 Å². The Morgan fingerprint density at radius 3 is 2.90 bits per heavy atom. The third-order valence-electron chi connectivity index (χ3n) is 2.97. The van der Waals surface area contributed by atoms with E-state index in [1.165, 1.54) is 12.3 Å². The highest BCUT2D eigenvalue weighted by atomic mass is 32.1. The van der Waals surface area contributed by atoms with Gasteiger partial charge in [0.1, 0.15) is 5.56 Å². The van der Waals surface area contributed by atoms with Crippen LogP contribution in [0.15, 0.2) is 22.4 Å². The Hall–Kier alpha value is -1.95. The second kappa shape index (κ2) is 6.00. The van der Waals surface area contributed by atoms with Crippen LogP contribution in [0.1, 0.15) is 40.1 Å². The molecule has 0 aliphatic rings. The predicted octanol–water partition coefficient (Wildman–Crippen LogP) is 2.31. The average molecular weight is 292 g/mol. The first-order valence-corrected chi connectivity index (χ1v) is 7.27. The summed E-state index contributed by atoms with van der Waals surface area (Å²) < 4.78 is 1.75. The number of carboxylic acid groups (broad SMARTS) is 1. The third kappa shape index (κ3) is 3.14. The van der Waals surface area contributed by atoms with Gasteiger partial charge in [0.25, 0.3) is 0 Å². The van der Waals surface area contributed by atoms with E-state index in [2.05, 4.69) is 11.9 Å². The number of carbonyl (C=O) groups is 1. The molecule has 0 aromatic carbocycles. The van der Waals surface area contributed by atoms with Gasteiger partial charge in [-0.2, -0.15) is 0 Å². The van der Waals surface area contributed by atoms with Gasteiger partial charge in [0, 0.05) is 23.3 Å². The van der Waals surface area contributed by atoms with Crippen molar-refractivity contribution in [3.8, 4) is 0 Å². The summed E-state index contributed by atoms with van der Waals surface area (Å²) >= 11 is 1.61. The summed E-state index contributed by atoms with van der Waals surface area (Å²) in [6, 6.07) is 1.35. The molecule has 0 saturated heterocycles. The molecular formula is C14H16N2O3S. The molecule has 106 valence electrons. The number of aromatic nitrogens is 2. The molecule has 2 aromatic rings. The predicted molar refractivity (Wildman–Crippen MR) is 77.6 cm³/mol. The fraction of sp³-hybridized carbons (Fsp3) is 0.357. The van der Waals surface area contributed by atoms with Crippen molar-refractivity contribution in [2.24, 2.45) is 0 Å². The van der Waals surface area contributed by atoms with Gasteiger partial charge in [-0.3, -0.25) is 4.79 Å². The lowest BCUT2D eigenvalue weighted by Gasteiger charge is -2.09. The van der Waals surface area contributed by atoms with Crippen molar-refractivity contribution in [1.29, 1.82) is 0 Å². The number of rotatable bonds is 5. The highest BCUT2D eigenvalue weighted by Crippen LogP contribution is 2.13. The van der Waals surface area contributed by atoms with E-state index in [1.807, 2.05) is 5.38 Å². The van der Waals surface area contributed by atoms with E-state index in [0.29, 0.717) is 6.54 Å². The lowest BCUT2D eigenvalue weighted by atomic mass is 10.2. The highest BCUT2D eigenvalue weighted by Gasteiger charge is 2.11. The Labute approximate surface area is 120 Å². The fourth-order valence-corrected chi connectivity index (χ4v) is 2.82. The monoisotopic (exact) mass is 292 g/mol. The standard InChI is InChI=1S/C14H16N2O3S/c1-3-4-13-15-10(8-20-13)6-16-7-11(14(18)19)12(17)5-9(16)2/h5,7-8H,3-4,6H2,1-2H3,(H,18,19). The van der Waals surface area contributed by atoms with Crippen LogP contribution < -0.4 is 5.43 Å². The van der Waals surface area contributed by atoms with Gasteiger partial charge in [-0.05, 0) is 19.8 Å². The number of carboxylic acids is 1. The minimum Gasteiger partial charge on any atom is -0.477 e. The molecule has 2 aromatic heterocycles. The first kappa shape index (κ1) is 14.5. The molecule has 0 atom stereocenters. The van der Waals surface area contributed by atoms with Crippen molar-refractivity contribution < 1.29 is 9.90 Å². The van der Waals surface area contributed by atoms with Crippen LogP contribution in [-0.4, -0.2) is 20.6 Å². The van der Waals surface area contributed by atoms with Crippen LogP contribution >= 0.6 is 11.3 Å². The molecule has 0 amide bonds. The molecule has 2 heterocycles. The lowest BCUT2D eigenvalue weighted by Crippen LogP contribution is -2.19. The van der Waals surface area contributed by atoms with Gasteiger partial charge in [-0.25, -0.2) is 9.78 Å². The second-order valence-electron chi connectivity index (χ2n) is 4.61. The van der Waals surface area contributed by atoms with E-state index in [1.54, 1.807) is 22.8 Å². The van der Waals surface area contributed by atoms with E-state index in [-0.39, 0.29) is 5.56 Å². The number of aryl methyl sites for hydroxylation is 2. The lowest BCUT2D eigenvalue weighted by molar-refractivity contribution is 0.0694. The minimum atomic E-state index is -1.20. The molecule has 0 unspecified atom stereocenters. The first-order chi connectivity index (χ1) is 9.51. The van der Waals surface area contributed by atoms with E-state index in [4.69, 9.17) is 5.11 Å². The van der Waals surface area contributed by atoms with Gasteiger partial charge in [0.2, 0.25) is 0 Å². The molecule has 2 rings (SSSR count). The smallest absolute Gasteiger partial charge is 0.341 e. The normalized spacial score (nSPS) is 10.7. The van der Waals surface area contributed by atoms with Crippen molar-refractivity contribution in [1.82, 2.24) is 9.55 Å². The van der Waals surface area contributed by atoms with Crippen molar-refractivity contribution >= 4 is 17.3 Å². The summed E-state index contributed by atoms with van der Waals surface area (Å²) in [5.41, 5.74) is 0.947. The Morgan fingerprint density at radius 2 is 2.25 bits per heavy atom. The number of aromatic carboxylic acids is 1. The zero-order chi connectivity index (χ0) is 14.7. The van der Waals surface area contributed by atoms with E-state index in [9.17, 15) is 9.59 Å². The molecular weight excluding hydrogens is 276 g/mol. The van der Waals surface area contributed by atoms with Gasteiger partial charge in [0.15, 0.2) is 5.43 Å². The van der Waals surface area contributed by atoms with Gasteiger partial charge in [0.05, 0.1) is 17.2 Å².